The van der Waals surface area contributed by atoms with E-state index in [-0.39, 0.29) is 11.7 Å². The van der Waals surface area contributed by atoms with E-state index in [1.54, 1.807) is 18.2 Å². The molecule has 30 heavy (non-hydrogen) atoms. The number of nitrogens with zero attached hydrogens (tertiary/aromatic N) is 4. The number of amides is 3. The van der Waals surface area contributed by atoms with Gasteiger partial charge in [0, 0.05) is 17.7 Å². The molecule has 1 aliphatic heterocycles. The van der Waals surface area contributed by atoms with Gasteiger partial charge in [0.15, 0.2) is 5.65 Å². The summed E-state index contributed by atoms with van der Waals surface area (Å²) in [6.45, 7) is 0. The second kappa shape index (κ2) is 7.15. The zero-order chi connectivity index (χ0) is 20.8. The van der Waals surface area contributed by atoms with Crippen LogP contribution in [0.1, 0.15) is 18.4 Å². The van der Waals surface area contributed by atoms with Crippen LogP contribution in [0.15, 0.2) is 30.1 Å². The molecule has 1 saturated heterocycles. The van der Waals surface area contributed by atoms with Gasteiger partial charge in [-0.2, -0.15) is 19.6 Å². The first-order valence-electron chi connectivity index (χ1n) is 8.95. The molecule has 3 heterocycles. The lowest BCUT2D eigenvalue weighted by molar-refractivity contribution is -0.115. The highest BCUT2D eigenvalue weighted by molar-refractivity contribution is 6.42. The van der Waals surface area contributed by atoms with Gasteiger partial charge in [-0.1, -0.05) is 23.2 Å². The minimum Gasteiger partial charge on any atom is -0.424 e. The molecule has 0 bridgehead atoms. The summed E-state index contributed by atoms with van der Waals surface area (Å²) >= 11 is 12.0. The summed E-state index contributed by atoms with van der Waals surface area (Å²) in [5.74, 6) is 0.326. The van der Waals surface area contributed by atoms with Gasteiger partial charge in [-0.3, -0.25) is 10.1 Å². The van der Waals surface area contributed by atoms with Gasteiger partial charge >= 0.3 is 12.0 Å². The van der Waals surface area contributed by atoms with E-state index in [9.17, 15) is 9.59 Å². The van der Waals surface area contributed by atoms with Crippen molar-refractivity contribution >= 4 is 52.8 Å². The van der Waals surface area contributed by atoms with Crippen molar-refractivity contribution in [3.63, 3.8) is 0 Å². The number of hydrogen-bond donors (Lipinski definition) is 3. The lowest BCUT2D eigenvalue weighted by Crippen LogP contribution is -2.22. The number of anilines is 1. The molecule has 152 valence electrons. The third-order valence-electron chi connectivity index (χ3n) is 4.41. The van der Waals surface area contributed by atoms with Crippen LogP contribution in [0.5, 0.6) is 11.8 Å². The predicted octanol–water partition coefficient (Wildman–Crippen LogP) is 2.98. The third-order valence-corrected chi connectivity index (χ3v) is 5.14. The highest BCUT2D eigenvalue weighted by atomic mass is 35.5. The molecule has 5 rings (SSSR count). The van der Waals surface area contributed by atoms with E-state index in [1.165, 1.54) is 16.8 Å². The SMILES string of the molecule is O=C1NC(=O)/C(=C/c2cnn3c(NC4CC4)nc(Oc4ccc(Cl)c(Cl)c4)nc23)N1. The zero-order valence-electron chi connectivity index (χ0n) is 15.1. The van der Waals surface area contributed by atoms with Crippen LogP contribution in [0.3, 0.4) is 0 Å². The van der Waals surface area contributed by atoms with Gasteiger partial charge in [0.2, 0.25) is 5.95 Å². The first kappa shape index (κ1) is 18.6. The average Bonchev–Trinajstić information content (AvgIpc) is 3.34. The van der Waals surface area contributed by atoms with Gasteiger partial charge in [-0.25, -0.2) is 4.79 Å². The summed E-state index contributed by atoms with van der Waals surface area (Å²) in [7, 11) is 0. The van der Waals surface area contributed by atoms with Crippen molar-refractivity contribution < 1.29 is 14.3 Å². The van der Waals surface area contributed by atoms with E-state index < -0.39 is 11.9 Å². The fourth-order valence-corrected chi connectivity index (χ4v) is 3.10. The number of ether oxygens (including phenoxy) is 1. The van der Waals surface area contributed by atoms with E-state index in [1.807, 2.05) is 0 Å². The van der Waals surface area contributed by atoms with Crippen LogP contribution in [0.2, 0.25) is 10.0 Å². The van der Waals surface area contributed by atoms with Crippen molar-refractivity contribution in [1.29, 1.82) is 0 Å². The second-order valence-electron chi connectivity index (χ2n) is 6.73. The Kier molecular flexibility index (Phi) is 4.44. The van der Waals surface area contributed by atoms with Gasteiger partial charge < -0.3 is 15.4 Å². The highest BCUT2D eigenvalue weighted by Crippen LogP contribution is 2.30. The van der Waals surface area contributed by atoms with Crippen molar-refractivity contribution in [2.45, 2.75) is 18.9 Å². The molecule has 3 aromatic rings. The van der Waals surface area contributed by atoms with E-state index >= 15 is 0 Å². The Labute approximate surface area is 179 Å². The summed E-state index contributed by atoms with van der Waals surface area (Å²) in [5, 5.41) is 12.9. The Bertz CT molecular complexity index is 1240. The Balaban J connectivity index is 1.57. The minimum absolute atomic E-state index is 0.0594. The lowest BCUT2D eigenvalue weighted by Gasteiger charge is -2.10. The van der Waals surface area contributed by atoms with E-state index in [4.69, 9.17) is 27.9 Å². The quantitative estimate of drug-likeness (QED) is 0.407. The molecule has 10 nitrogen and oxygen atoms in total. The molecular formula is C18H13Cl2N7O3. The lowest BCUT2D eigenvalue weighted by atomic mass is 10.2. The van der Waals surface area contributed by atoms with Crippen molar-refractivity contribution in [3.05, 3.63) is 45.7 Å². The number of halogens is 2. The predicted molar refractivity (Wildman–Crippen MR) is 109 cm³/mol. The molecule has 3 amide bonds. The molecule has 0 spiro atoms. The van der Waals surface area contributed by atoms with Crippen molar-refractivity contribution in [2.75, 3.05) is 5.32 Å². The molecule has 1 aromatic carbocycles. The summed E-state index contributed by atoms with van der Waals surface area (Å²) in [6, 6.07) is 4.58. The number of rotatable bonds is 5. The van der Waals surface area contributed by atoms with Gasteiger partial charge in [0.05, 0.1) is 16.2 Å². The number of carbonyl (C=O) groups is 2. The maximum absolute atomic E-state index is 11.9. The molecule has 1 aliphatic carbocycles. The number of aromatic nitrogens is 4. The van der Waals surface area contributed by atoms with E-state index in [0.29, 0.717) is 39.0 Å². The number of imide groups is 1. The Morgan fingerprint density at radius 2 is 2.00 bits per heavy atom. The van der Waals surface area contributed by atoms with Gasteiger partial charge in [0.1, 0.15) is 11.4 Å². The largest absolute Gasteiger partial charge is 0.424 e. The zero-order valence-corrected chi connectivity index (χ0v) is 16.7. The highest BCUT2D eigenvalue weighted by Gasteiger charge is 2.26. The average molecular weight is 446 g/mol. The number of nitrogens with one attached hydrogen (secondary N) is 3. The molecule has 2 aromatic heterocycles. The topological polar surface area (TPSA) is 123 Å². The van der Waals surface area contributed by atoms with Crippen LogP contribution in [0.25, 0.3) is 11.7 Å². The maximum atomic E-state index is 11.9. The van der Waals surface area contributed by atoms with Crippen LogP contribution < -0.4 is 20.7 Å². The maximum Gasteiger partial charge on any atom is 0.327 e. The van der Waals surface area contributed by atoms with Crippen molar-refractivity contribution in [2.24, 2.45) is 0 Å². The molecule has 2 fully saturated rings. The minimum atomic E-state index is -0.586. The fourth-order valence-electron chi connectivity index (χ4n) is 2.81. The number of carbonyl (C=O) groups excluding carboxylic acids is 2. The molecule has 1 saturated carbocycles. The molecule has 3 N–H and O–H groups in total. The summed E-state index contributed by atoms with van der Waals surface area (Å²) < 4.78 is 7.30. The van der Waals surface area contributed by atoms with Crippen LogP contribution in [0, 0.1) is 0 Å². The normalized spacial score (nSPS) is 17.3. The number of urea groups is 1. The van der Waals surface area contributed by atoms with Gasteiger partial charge in [0.25, 0.3) is 5.91 Å². The molecular weight excluding hydrogens is 433 g/mol. The molecule has 0 radical (unpaired) electrons. The summed E-state index contributed by atoms with van der Waals surface area (Å²) in [4.78, 5) is 32.0. The van der Waals surface area contributed by atoms with E-state index in [2.05, 4.69) is 31.0 Å². The van der Waals surface area contributed by atoms with Crippen LogP contribution in [-0.4, -0.2) is 37.6 Å². The molecule has 0 atom stereocenters. The smallest absolute Gasteiger partial charge is 0.327 e. The van der Waals surface area contributed by atoms with Gasteiger partial charge in [-0.05, 0) is 31.1 Å². The first-order valence-corrected chi connectivity index (χ1v) is 9.71. The number of benzene rings is 1. The standard InChI is InChI=1S/C18H13Cl2N7O3/c19-11-4-3-10(6-12(11)20)30-18-24-14-8(5-13-15(28)25-17(29)23-13)7-21-27(14)16(26-18)22-9-1-2-9/h3-7,9H,1-2H2,(H,22,24,26)(H2,23,25,28,29)/b13-5-. The molecule has 0 unspecified atom stereocenters. The second-order valence-corrected chi connectivity index (χ2v) is 7.54. The molecule has 2 aliphatic rings. The van der Waals surface area contributed by atoms with Crippen molar-refractivity contribution in [1.82, 2.24) is 30.2 Å². The third kappa shape index (κ3) is 3.62. The Morgan fingerprint density at radius 1 is 1.17 bits per heavy atom. The van der Waals surface area contributed by atoms with Gasteiger partial charge in [-0.15, -0.1) is 0 Å². The Morgan fingerprint density at radius 3 is 2.70 bits per heavy atom. The van der Waals surface area contributed by atoms with E-state index in [0.717, 1.165) is 12.8 Å². The fraction of sp³-hybridized carbons (Fsp3) is 0.167. The van der Waals surface area contributed by atoms with Crippen molar-refractivity contribution in [3.8, 4) is 11.8 Å². The summed E-state index contributed by atoms with van der Waals surface area (Å²) in [6.07, 6.45) is 5.06. The molecule has 12 heteroatoms. The number of hydrogen-bond acceptors (Lipinski definition) is 7. The van der Waals surface area contributed by atoms with Crippen LogP contribution in [-0.2, 0) is 4.79 Å². The monoisotopic (exact) mass is 445 g/mol. The summed E-state index contributed by atoms with van der Waals surface area (Å²) in [5.41, 5.74) is 0.990. The van der Waals surface area contributed by atoms with Crippen LogP contribution >= 0.6 is 23.2 Å². The first-order chi connectivity index (χ1) is 14.5. The number of fused-ring (bicyclic) bond motifs is 1. The van der Waals surface area contributed by atoms with Crippen LogP contribution in [0.4, 0.5) is 10.7 Å². The Hall–Kier alpha value is -3.37.